The first-order valence-corrected chi connectivity index (χ1v) is 5.98. The van der Waals surface area contributed by atoms with Gasteiger partial charge in [-0.3, -0.25) is 9.63 Å². The van der Waals surface area contributed by atoms with Crippen molar-refractivity contribution < 1.29 is 9.63 Å². The fraction of sp³-hybridized carbons (Fsp3) is 0.364. The average molecular weight is 270 g/mol. The number of halogens is 1. The van der Waals surface area contributed by atoms with Gasteiger partial charge >= 0.3 is 0 Å². The molecule has 3 nitrogen and oxygen atoms in total. The van der Waals surface area contributed by atoms with E-state index in [0.717, 1.165) is 10.9 Å². The zero-order valence-corrected chi connectivity index (χ0v) is 9.81. The first kappa shape index (κ1) is 10.6. The third-order valence-corrected chi connectivity index (χ3v) is 3.13. The van der Waals surface area contributed by atoms with Crippen molar-refractivity contribution in [3.05, 3.63) is 35.9 Å². The fourth-order valence-electron chi connectivity index (χ4n) is 1.48. The Balaban J connectivity index is 1.86. The number of hydrogen-bond donors (Lipinski definition) is 0. The highest BCUT2D eigenvalue weighted by molar-refractivity contribution is 9.09. The molecule has 15 heavy (non-hydrogen) atoms. The summed E-state index contributed by atoms with van der Waals surface area (Å²) >= 11 is 3.35. The van der Waals surface area contributed by atoms with Crippen LogP contribution in [0, 0.1) is 0 Å². The molecule has 1 heterocycles. The van der Waals surface area contributed by atoms with E-state index in [2.05, 4.69) is 15.9 Å². The van der Waals surface area contributed by atoms with Crippen LogP contribution in [0.15, 0.2) is 30.3 Å². The first-order chi connectivity index (χ1) is 7.31. The van der Waals surface area contributed by atoms with E-state index < -0.39 is 0 Å². The summed E-state index contributed by atoms with van der Waals surface area (Å²) in [6, 6.07) is 10.0. The minimum Gasteiger partial charge on any atom is -0.272 e. The van der Waals surface area contributed by atoms with Crippen molar-refractivity contribution in [2.75, 3.05) is 5.33 Å². The third-order valence-electron chi connectivity index (χ3n) is 2.38. The third kappa shape index (κ3) is 2.38. The van der Waals surface area contributed by atoms with Gasteiger partial charge in [0, 0.05) is 5.33 Å². The van der Waals surface area contributed by atoms with Gasteiger partial charge in [0.05, 0.1) is 12.5 Å². The largest absolute Gasteiger partial charge is 0.272 e. The molecule has 1 amide bonds. The van der Waals surface area contributed by atoms with E-state index in [0.29, 0.717) is 13.0 Å². The molecule has 0 spiro atoms. The van der Waals surface area contributed by atoms with Gasteiger partial charge in [-0.1, -0.05) is 46.3 Å². The standard InChI is InChI=1S/C11H12BrNO2/c12-7-10-6-11(14)13(10)15-8-9-4-2-1-3-5-9/h1-5,10H,6-8H2. The van der Waals surface area contributed by atoms with Gasteiger partial charge in [-0.05, 0) is 5.56 Å². The van der Waals surface area contributed by atoms with Crippen molar-refractivity contribution >= 4 is 21.8 Å². The van der Waals surface area contributed by atoms with E-state index in [1.807, 2.05) is 30.3 Å². The van der Waals surface area contributed by atoms with Gasteiger partial charge in [-0.15, -0.1) is 0 Å². The topological polar surface area (TPSA) is 29.5 Å². The normalized spacial score (nSPS) is 20.2. The number of carbonyl (C=O) groups is 1. The molecular weight excluding hydrogens is 258 g/mol. The summed E-state index contributed by atoms with van der Waals surface area (Å²) in [7, 11) is 0. The summed E-state index contributed by atoms with van der Waals surface area (Å²) in [5.74, 6) is 0.0652. The summed E-state index contributed by atoms with van der Waals surface area (Å²) in [6.07, 6.45) is 0.583. The van der Waals surface area contributed by atoms with Crippen LogP contribution in [0.4, 0.5) is 0 Å². The Bertz CT molecular complexity index is 342. The molecule has 1 fully saturated rings. The molecule has 1 aliphatic rings. The second-order valence-corrected chi connectivity index (χ2v) is 4.14. The van der Waals surface area contributed by atoms with E-state index in [1.165, 1.54) is 5.06 Å². The van der Waals surface area contributed by atoms with Crippen LogP contribution in [0.1, 0.15) is 12.0 Å². The zero-order valence-electron chi connectivity index (χ0n) is 8.23. The number of amides is 1. The second kappa shape index (κ2) is 4.77. The van der Waals surface area contributed by atoms with Crippen LogP contribution in [0.3, 0.4) is 0 Å². The van der Waals surface area contributed by atoms with Crippen LogP contribution >= 0.6 is 15.9 Å². The lowest BCUT2D eigenvalue weighted by Gasteiger charge is -2.37. The first-order valence-electron chi connectivity index (χ1n) is 4.86. The molecule has 0 saturated carbocycles. The van der Waals surface area contributed by atoms with Gasteiger partial charge in [0.15, 0.2) is 0 Å². The quantitative estimate of drug-likeness (QED) is 0.619. The van der Waals surface area contributed by atoms with Gasteiger partial charge in [0.25, 0.3) is 0 Å². The van der Waals surface area contributed by atoms with Crippen LogP contribution in [0.5, 0.6) is 0 Å². The number of β-lactam (4-membered cyclic amide) rings is 1. The van der Waals surface area contributed by atoms with E-state index in [1.54, 1.807) is 0 Å². The zero-order chi connectivity index (χ0) is 10.7. The van der Waals surface area contributed by atoms with Crippen molar-refractivity contribution in [2.45, 2.75) is 19.1 Å². The van der Waals surface area contributed by atoms with Gasteiger partial charge in [0.1, 0.15) is 6.61 Å². The summed E-state index contributed by atoms with van der Waals surface area (Å²) in [5, 5.41) is 2.23. The van der Waals surface area contributed by atoms with Crippen molar-refractivity contribution in [1.29, 1.82) is 0 Å². The molecule has 0 aliphatic carbocycles. The smallest absolute Gasteiger partial charge is 0.248 e. The Kier molecular flexibility index (Phi) is 3.38. The predicted octanol–water partition coefficient (Wildman–Crippen LogP) is 2.11. The number of hydroxylamine groups is 2. The number of carbonyl (C=O) groups excluding carboxylic acids is 1. The molecule has 80 valence electrons. The molecule has 0 N–H and O–H groups in total. The van der Waals surface area contributed by atoms with Crippen LogP contribution < -0.4 is 0 Å². The molecule has 1 aliphatic heterocycles. The average Bonchev–Trinajstić information content (AvgIpc) is 2.27. The number of benzene rings is 1. The van der Waals surface area contributed by atoms with Crippen LogP contribution in [0.25, 0.3) is 0 Å². The molecule has 1 atom stereocenters. The molecule has 0 aromatic heterocycles. The Morgan fingerprint density at radius 2 is 2.13 bits per heavy atom. The van der Waals surface area contributed by atoms with Crippen LogP contribution in [-0.2, 0) is 16.2 Å². The number of alkyl halides is 1. The highest BCUT2D eigenvalue weighted by Crippen LogP contribution is 2.22. The highest BCUT2D eigenvalue weighted by atomic mass is 79.9. The molecule has 4 heteroatoms. The summed E-state index contributed by atoms with van der Waals surface area (Å²) in [5.41, 5.74) is 1.07. The maximum atomic E-state index is 11.2. The highest BCUT2D eigenvalue weighted by Gasteiger charge is 2.36. The van der Waals surface area contributed by atoms with Gasteiger partial charge in [0.2, 0.25) is 5.91 Å². The van der Waals surface area contributed by atoms with Crippen molar-refractivity contribution in [3.8, 4) is 0 Å². The lowest BCUT2D eigenvalue weighted by Crippen LogP contribution is -2.53. The predicted molar refractivity (Wildman–Crippen MR) is 60.3 cm³/mol. The number of nitrogens with zero attached hydrogens (tertiary/aromatic N) is 1. The molecule has 0 bridgehead atoms. The van der Waals surface area contributed by atoms with E-state index in [4.69, 9.17) is 4.84 Å². The Morgan fingerprint density at radius 3 is 2.73 bits per heavy atom. The van der Waals surface area contributed by atoms with Gasteiger partial charge < -0.3 is 0 Å². The summed E-state index contributed by atoms with van der Waals surface area (Å²) in [6.45, 7) is 0.454. The van der Waals surface area contributed by atoms with Crippen LogP contribution in [0.2, 0.25) is 0 Å². The Morgan fingerprint density at radius 1 is 1.40 bits per heavy atom. The molecule has 1 unspecified atom stereocenters. The lowest BCUT2D eigenvalue weighted by atomic mass is 10.1. The van der Waals surface area contributed by atoms with Crippen molar-refractivity contribution in [3.63, 3.8) is 0 Å². The SMILES string of the molecule is O=C1CC(CBr)N1OCc1ccccc1. The number of rotatable bonds is 4. The number of hydrogen-bond acceptors (Lipinski definition) is 2. The minimum atomic E-state index is 0.0652. The summed E-state index contributed by atoms with van der Waals surface area (Å²) < 4.78 is 0. The monoisotopic (exact) mass is 269 g/mol. The van der Waals surface area contributed by atoms with Gasteiger partial charge in [-0.25, -0.2) is 5.06 Å². The van der Waals surface area contributed by atoms with Crippen molar-refractivity contribution in [1.82, 2.24) is 5.06 Å². The maximum Gasteiger partial charge on any atom is 0.248 e. The summed E-state index contributed by atoms with van der Waals surface area (Å²) in [4.78, 5) is 16.6. The van der Waals surface area contributed by atoms with Crippen LogP contribution in [-0.4, -0.2) is 22.3 Å². The second-order valence-electron chi connectivity index (χ2n) is 3.49. The molecule has 0 radical (unpaired) electrons. The van der Waals surface area contributed by atoms with Gasteiger partial charge in [-0.2, -0.15) is 0 Å². The fourth-order valence-corrected chi connectivity index (χ4v) is 1.97. The van der Waals surface area contributed by atoms with Crippen molar-refractivity contribution in [2.24, 2.45) is 0 Å². The van der Waals surface area contributed by atoms with E-state index in [9.17, 15) is 4.79 Å². The molecule has 1 aromatic rings. The molecule has 1 aromatic carbocycles. The Hall–Kier alpha value is -0.870. The molecule has 1 saturated heterocycles. The lowest BCUT2D eigenvalue weighted by molar-refractivity contribution is -0.229. The maximum absolute atomic E-state index is 11.2. The van der Waals surface area contributed by atoms with E-state index in [-0.39, 0.29) is 11.9 Å². The minimum absolute atomic E-state index is 0.0652. The molecule has 2 rings (SSSR count). The molecular formula is C11H12BrNO2. The van der Waals surface area contributed by atoms with E-state index >= 15 is 0 Å². The Labute approximate surface area is 97.1 Å².